The summed E-state index contributed by atoms with van der Waals surface area (Å²) in [5, 5.41) is 8.48. The highest BCUT2D eigenvalue weighted by Crippen LogP contribution is 2.29. The Kier molecular flexibility index (Phi) is 4.19. The fraction of sp³-hybridized carbons (Fsp3) is 0.474. The van der Waals surface area contributed by atoms with Crippen molar-refractivity contribution in [2.24, 2.45) is 5.92 Å². The predicted molar refractivity (Wildman–Crippen MR) is 90.4 cm³/mol. The molecule has 2 fully saturated rings. The van der Waals surface area contributed by atoms with Crippen LogP contribution < -0.4 is 4.74 Å². The van der Waals surface area contributed by atoms with Crippen molar-refractivity contribution in [3.63, 3.8) is 0 Å². The molecule has 0 radical (unpaired) electrons. The first-order valence-electron chi connectivity index (χ1n) is 8.68. The molecule has 2 aliphatic rings. The van der Waals surface area contributed by atoms with E-state index in [0.29, 0.717) is 17.4 Å². The number of benzene rings is 1. The van der Waals surface area contributed by atoms with Gasteiger partial charge in [-0.2, -0.15) is 0 Å². The third-order valence-corrected chi connectivity index (χ3v) is 5.16. The lowest BCUT2D eigenvalue weighted by atomic mass is 9.87. The van der Waals surface area contributed by atoms with E-state index in [4.69, 9.17) is 4.74 Å². The monoisotopic (exact) mass is 327 g/mol. The summed E-state index contributed by atoms with van der Waals surface area (Å²) in [5.41, 5.74) is 2.21. The van der Waals surface area contributed by atoms with Crippen LogP contribution in [0, 0.1) is 18.7 Å². The molecular formula is C19H22FN3O. The maximum atomic E-state index is 13.4. The standard InChI is InChI=1S/C19H22FN3O/c1-13-11-14(4-5-16(13)20)17-6-7-19(22-21-17)24-18-8-10-23-9-2-3-15(18)12-23/h4-7,11,15,18H,2-3,8-10,12H2,1H3/t15-,18-/m0/s1. The minimum Gasteiger partial charge on any atom is -0.473 e. The van der Waals surface area contributed by atoms with Gasteiger partial charge in [-0.3, -0.25) is 0 Å². The molecule has 24 heavy (non-hydrogen) atoms. The second-order valence-corrected chi connectivity index (χ2v) is 6.87. The summed E-state index contributed by atoms with van der Waals surface area (Å²) in [6.45, 7) is 5.24. The fourth-order valence-electron chi connectivity index (χ4n) is 3.79. The van der Waals surface area contributed by atoms with Gasteiger partial charge < -0.3 is 9.64 Å². The summed E-state index contributed by atoms with van der Waals surface area (Å²) in [6.07, 6.45) is 3.81. The molecule has 126 valence electrons. The molecule has 2 aliphatic heterocycles. The predicted octanol–water partition coefficient (Wildman–Crippen LogP) is 3.45. The number of nitrogens with zero attached hydrogens (tertiary/aromatic N) is 3. The van der Waals surface area contributed by atoms with Crippen molar-refractivity contribution in [1.29, 1.82) is 0 Å². The van der Waals surface area contributed by atoms with Gasteiger partial charge in [0.1, 0.15) is 11.9 Å². The van der Waals surface area contributed by atoms with Gasteiger partial charge in [0.2, 0.25) is 5.88 Å². The van der Waals surface area contributed by atoms with Gasteiger partial charge in [-0.05, 0) is 62.6 Å². The molecule has 4 nitrogen and oxygen atoms in total. The van der Waals surface area contributed by atoms with Crippen LogP contribution in [0.5, 0.6) is 5.88 Å². The third-order valence-electron chi connectivity index (χ3n) is 5.16. The number of ether oxygens (including phenoxy) is 1. The maximum Gasteiger partial charge on any atom is 0.233 e. The van der Waals surface area contributed by atoms with E-state index in [1.807, 2.05) is 12.1 Å². The fourth-order valence-corrected chi connectivity index (χ4v) is 3.79. The van der Waals surface area contributed by atoms with Crippen LogP contribution in [-0.4, -0.2) is 40.8 Å². The number of aromatic nitrogens is 2. The summed E-state index contributed by atoms with van der Waals surface area (Å²) in [6, 6.07) is 8.75. The molecule has 0 N–H and O–H groups in total. The first-order valence-corrected chi connectivity index (χ1v) is 8.68. The van der Waals surface area contributed by atoms with Crippen LogP contribution in [0.25, 0.3) is 11.3 Å². The van der Waals surface area contributed by atoms with Crippen molar-refractivity contribution in [3.05, 3.63) is 41.7 Å². The molecule has 1 aromatic carbocycles. The van der Waals surface area contributed by atoms with Gasteiger partial charge in [-0.25, -0.2) is 4.39 Å². The number of piperidine rings is 2. The van der Waals surface area contributed by atoms with Crippen molar-refractivity contribution in [3.8, 4) is 17.1 Å². The van der Waals surface area contributed by atoms with Crippen LogP contribution in [0.15, 0.2) is 30.3 Å². The van der Waals surface area contributed by atoms with E-state index < -0.39 is 0 Å². The van der Waals surface area contributed by atoms with E-state index in [2.05, 4.69) is 15.1 Å². The van der Waals surface area contributed by atoms with Gasteiger partial charge in [0.15, 0.2) is 0 Å². The molecule has 1 aromatic heterocycles. The van der Waals surface area contributed by atoms with E-state index in [1.54, 1.807) is 19.1 Å². The Hall–Kier alpha value is -2.01. The molecule has 0 amide bonds. The Morgan fingerprint density at radius 2 is 2.04 bits per heavy atom. The lowest BCUT2D eigenvalue weighted by Crippen LogP contribution is -2.49. The SMILES string of the molecule is Cc1cc(-c2ccc(O[C@H]3CCN4CCC[C@H]3C4)nn2)ccc1F. The second kappa shape index (κ2) is 6.48. The average molecular weight is 327 g/mol. The molecule has 2 saturated heterocycles. The lowest BCUT2D eigenvalue weighted by Gasteiger charge is -2.42. The molecule has 2 bridgehead atoms. The summed E-state index contributed by atoms with van der Waals surface area (Å²) >= 11 is 0. The first kappa shape index (κ1) is 15.5. The molecule has 3 atom stereocenters. The molecule has 2 aromatic rings. The molecule has 0 aliphatic carbocycles. The number of hydrogen-bond acceptors (Lipinski definition) is 4. The molecule has 3 heterocycles. The van der Waals surface area contributed by atoms with Crippen molar-refractivity contribution in [2.45, 2.75) is 32.3 Å². The Bertz CT molecular complexity index is 719. The zero-order valence-electron chi connectivity index (χ0n) is 13.9. The molecule has 5 heteroatoms. The summed E-state index contributed by atoms with van der Waals surface area (Å²) in [4.78, 5) is 2.53. The van der Waals surface area contributed by atoms with Gasteiger partial charge in [0.25, 0.3) is 0 Å². The molecule has 0 saturated carbocycles. The first-order chi connectivity index (χ1) is 11.7. The Labute approximate surface area is 141 Å². The summed E-state index contributed by atoms with van der Waals surface area (Å²) in [7, 11) is 0. The van der Waals surface area contributed by atoms with Crippen molar-refractivity contribution < 1.29 is 9.13 Å². The highest BCUT2D eigenvalue weighted by molar-refractivity contribution is 5.59. The van der Waals surface area contributed by atoms with E-state index >= 15 is 0 Å². The van der Waals surface area contributed by atoms with Crippen LogP contribution in [0.3, 0.4) is 0 Å². The number of halogens is 1. The highest BCUT2D eigenvalue weighted by Gasteiger charge is 2.33. The van der Waals surface area contributed by atoms with Crippen molar-refractivity contribution in [2.75, 3.05) is 19.6 Å². The number of aryl methyl sites for hydroxylation is 1. The van der Waals surface area contributed by atoms with Crippen LogP contribution in [0.1, 0.15) is 24.8 Å². The maximum absolute atomic E-state index is 13.4. The normalized spacial score (nSPS) is 26.2. The molecule has 1 unspecified atom stereocenters. The minimum absolute atomic E-state index is 0.203. The lowest BCUT2D eigenvalue weighted by molar-refractivity contribution is 0.0123. The highest BCUT2D eigenvalue weighted by atomic mass is 19.1. The van der Waals surface area contributed by atoms with E-state index in [1.165, 1.54) is 25.5 Å². The van der Waals surface area contributed by atoms with Crippen LogP contribution in [0.4, 0.5) is 4.39 Å². The zero-order chi connectivity index (χ0) is 16.5. The van der Waals surface area contributed by atoms with Gasteiger partial charge >= 0.3 is 0 Å². The third kappa shape index (κ3) is 3.13. The zero-order valence-corrected chi connectivity index (χ0v) is 13.9. The Morgan fingerprint density at radius 1 is 1.12 bits per heavy atom. The van der Waals surface area contributed by atoms with Gasteiger partial charge in [0.05, 0.1) is 5.69 Å². The molecule has 0 spiro atoms. The molecular weight excluding hydrogens is 305 g/mol. The number of fused-ring (bicyclic) bond motifs is 2. The van der Waals surface area contributed by atoms with E-state index in [9.17, 15) is 4.39 Å². The van der Waals surface area contributed by atoms with Gasteiger partial charge in [-0.1, -0.05) is 0 Å². The van der Waals surface area contributed by atoms with Gasteiger partial charge in [-0.15, -0.1) is 10.2 Å². The summed E-state index contributed by atoms with van der Waals surface area (Å²) in [5.74, 6) is 0.987. The minimum atomic E-state index is -0.203. The van der Waals surface area contributed by atoms with Crippen molar-refractivity contribution >= 4 is 0 Å². The smallest absolute Gasteiger partial charge is 0.233 e. The van der Waals surface area contributed by atoms with E-state index in [0.717, 1.165) is 30.8 Å². The van der Waals surface area contributed by atoms with E-state index in [-0.39, 0.29) is 11.9 Å². The van der Waals surface area contributed by atoms with Crippen molar-refractivity contribution in [1.82, 2.24) is 15.1 Å². The van der Waals surface area contributed by atoms with Gasteiger partial charge in [0, 0.05) is 30.6 Å². The Balaban J connectivity index is 1.46. The van der Waals surface area contributed by atoms with Crippen LogP contribution >= 0.6 is 0 Å². The average Bonchev–Trinajstić information content (AvgIpc) is 2.61. The van der Waals surface area contributed by atoms with Crippen LogP contribution in [-0.2, 0) is 0 Å². The molecule has 4 rings (SSSR count). The largest absolute Gasteiger partial charge is 0.473 e. The summed E-state index contributed by atoms with van der Waals surface area (Å²) < 4.78 is 19.5. The Morgan fingerprint density at radius 3 is 2.83 bits per heavy atom. The topological polar surface area (TPSA) is 38.2 Å². The van der Waals surface area contributed by atoms with Crippen LogP contribution in [0.2, 0.25) is 0 Å². The quantitative estimate of drug-likeness (QED) is 0.865. The second-order valence-electron chi connectivity index (χ2n) is 6.87. The number of hydrogen-bond donors (Lipinski definition) is 0. The number of rotatable bonds is 3.